The van der Waals surface area contributed by atoms with E-state index in [-0.39, 0.29) is 12.0 Å². The summed E-state index contributed by atoms with van der Waals surface area (Å²) >= 11 is 3.42. The lowest BCUT2D eigenvalue weighted by molar-refractivity contribution is 0.572. The van der Waals surface area contributed by atoms with Crippen LogP contribution in [-0.4, -0.2) is 9.55 Å². The average molecular weight is 496 g/mol. The Labute approximate surface area is 191 Å². The predicted molar refractivity (Wildman–Crippen MR) is 124 cm³/mol. The van der Waals surface area contributed by atoms with Crippen molar-refractivity contribution in [3.63, 3.8) is 0 Å². The molecule has 32 heavy (non-hydrogen) atoms. The van der Waals surface area contributed by atoms with Crippen molar-refractivity contribution in [3.8, 4) is 5.69 Å². The minimum atomic E-state index is -0.754. The minimum absolute atomic E-state index is 0.126. The van der Waals surface area contributed by atoms with Gasteiger partial charge in [-0.3, -0.25) is 9.36 Å². The predicted octanol–water partition coefficient (Wildman–Crippen LogP) is 5.55. The molecule has 5 rings (SSSR count). The van der Waals surface area contributed by atoms with Crippen molar-refractivity contribution in [1.82, 2.24) is 9.55 Å². The summed E-state index contributed by atoms with van der Waals surface area (Å²) in [6, 6.07) is 15.7. The van der Waals surface area contributed by atoms with E-state index in [9.17, 15) is 13.6 Å². The zero-order valence-corrected chi connectivity index (χ0v) is 18.6. The van der Waals surface area contributed by atoms with Gasteiger partial charge in [-0.15, -0.1) is 0 Å². The number of benzene rings is 3. The summed E-state index contributed by atoms with van der Waals surface area (Å²) in [6.45, 7) is 0. The Hall–Kier alpha value is -2.90. The maximum absolute atomic E-state index is 13.7. The van der Waals surface area contributed by atoms with Crippen LogP contribution in [0.2, 0.25) is 0 Å². The Balaban J connectivity index is 1.64. The molecule has 162 valence electrons. The van der Waals surface area contributed by atoms with Crippen molar-refractivity contribution in [2.45, 2.75) is 31.2 Å². The molecule has 1 heterocycles. The number of fused-ring (bicyclic) bond motifs is 1. The van der Waals surface area contributed by atoms with Crippen molar-refractivity contribution < 1.29 is 8.78 Å². The first-order valence-corrected chi connectivity index (χ1v) is 11.2. The summed E-state index contributed by atoms with van der Waals surface area (Å²) in [5, 5.41) is 0.465. The van der Waals surface area contributed by atoms with E-state index in [1.165, 1.54) is 35.1 Å². The van der Waals surface area contributed by atoms with Crippen LogP contribution < -0.4 is 11.3 Å². The van der Waals surface area contributed by atoms with Crippen LogP contribution >= 0.6 is 15.9 Å². The quantitative estimate of drug-likeness (QED) is 0.395. The van der Waals surface area contributed by atoms with Crippen LogP contribution in [0.15, 0.2) is 69.9 Å². The van der Waals surface area contributed by atoms with Gasteiger partial charge in [-0.25, -0.2) is 13.8 Å². The van der Waals surface area contributed by atoms with Crippen LogP contribution in [0.1, 0.15) is 41.8 Å². The zero-order valence-electron chi connectivity index (χ0n) is 17.1. The summed E-state index contributed by atoms with van der Waals surface area (Å²) in [5.41, 5.74) is 9.05. The molecule has 0 amide bonds. The van der Waals surface area contributed by atoms with E-state index < -0.39 is 17.7 Å². The number of rotatable bonds is 5. The van der Waals surface area contributed by atoms with Gasteiger partial charge in [0.1, 0.15) is 17.5 Å². The van der Waals surface area contributed by atoms with Gasteiger partial charge in [0.15, 0.2) is 0 Å². The lowest BCUT2D eigenvalue weighted by atomic mass is 10.0. The van der Waals surface area contributed by atoms with Crippen molar-refractivity contribution in [1.29, 1.82) is 0 Å². The fourth-order valence-electron chi connectivity index (χ4n) is 4.06. The number of halogens is 3. The van der Waals surface area contributed by atoms with Crippen molar-refractivity contribution in [2.24, 2.45) is 5.73 Å². The van der Waals surface area contributed by atoms with Gasteiger partial charge in [-0.2, -0.15) is 0 Å². The van der Waals surface area contributed by atoms with Crippen LogP contribution in [0.3, 0.4) is 0 Å². The highest BCUT2D eigenvalue weighted by molar-refractivity contribution is 9.10. The van der Waals surface area contributed by atoms with E-state index in [0.717, 1.165) is 10.5 Å². The highest BCUT2D eigenvalue weighted by Crippen LogP contribution is 2.40. The molecule has 1 atom stereocenters. The van der Waals surface area contributed by atoms with E-state index in [4.69, 9.17) is 10.7 Å². The maximum atomic E-state index is 13.7. The number of aromatic nitrogens is 2. The van der Waals surface area contributed by atoms with Gasteiger partial charge in [-0.05, 0) is 78.8 Å². The van der Waals surface area contributed by atoms with Gasteiger partial charge in [-0.1, -0.05) is 28.1 Å². The molecule has 1 fully saturated rings. The molecule has 0 radical (unpaired) electrons. The van der Waals surface area contributed by atoms with Crippen molar-refractivity contribution in [3.05, 3.63) is 104 Å². The summed E-state index contributed by atoms with van der Waals surface area (Å²) < 4.78 is 29.7. The molecule has 1 aromatic heterocycles. The van der Waals surface area contributed by atoms with Crippen molar-refractivity contribution >= 4 is 26.8 Å². The first kappa shape index (κ1) is 21.0. The van der Waals surface area contributed by atoms with Crippen LogP contribution in [0.25, 0.3) is 16.6 Å². The van der Waals surface area contributed by atoms with Gasteiger partial charge in [0.25, 0.3) is 5.56 Å². The van der Waals surface area contributed by atoms with Gasteiger partial charge < -0.3 is 5.73 Å². The fraction of sp³-hybridized carbons (Fsp3) is 0.200. The molecule has 0 aliphatic heterocycles. The summed E-state index contributed by atoms with van der Waals surface area (Å²) in [5.74, 6) is -0.409. The van der Waals surface area contributed by atoms with E-state index in [1.807, 2.05) is 24.3 Å². The van der Waals surface area contributed by atoms with Crippen LogP contribution in [-0.2, 0) is 6.42 Å². The largest absolute Gasteiger partial charge is 0.321 e. The Bertz CT molecular complexity index is 1360. The summed E-state index contributed by atoms with van der Waals surface area (Å²) in [4.78, 5) is 18.2. The van der Waals surface area contributed by atoms with E-state index in [2.05, 4.69) is 15.9 Å². The number of nitrogens with zero attached hydrogens (tertiary/aromatic N) is 2. The Kier molecular flexibility index (Phi) is 5.39. The second-order valence-corrected chi connectivity index (χ2v) is 9.14. The lowest BCUT2D eigenvalue weighted by Crippen LogP contribution is -2.29. The van der Waals surface area contributed by atoms with Crippen LogP contribution in [0, 0.1) is 11.6 Å². The summed E-state index contributed by atoms with van der Waals surface area (Å²) in [7, 11) is 0. The topological polar surface area (TPSA) is 60.9 Å². The second kappa shape index (κ2) is 8.22. The maximum Gasteiger partial charge on any atom is 0.266 e. The molecule has 4 aromatic rings. The van der Waals surface area contributed by atoms with Gasteiger partial charge in [0, 0.05) is 10.5 Å². The first-order valence-electron chi connectivity index (χ1n) is 10.4. The molecule has 7 heteroatoms. The lowest BCUT2D eigenvalue weighted by Gasteiger charge is -2.19. The van der Waals surface area contributed by atoms with E-state index in [0.29, 0.717) is 33.9 Å². The van der Waals surface area contributed by atoms with Gasteiger partial charge >= 0.3 is 0 Å². The van der Waals surface area contributed by atoms with E-state index >= 15 is 0 Å². The Morgan fingerprint density at radius 3 is 2.38 bits per heavy atom. The van der Waals surface area contributed by atoms with E-state index in [1.54, 1.807) is 18.2 Å². The molecule has 1 aliphatic carbocycles. The molecular formula is C25H20BrF2N3O. The fourth-order valence-corrected chi connectivity index (χ4v) is 4.41. The van der Waals surface area contributed by atoms with Crippen molar-refractivity contribution in [2.75, 3.05) is 0 Å². The van der Waals surface area contributed by atoms with Gasteiger partial charge in [0.2, 0.25) is 0 Å². The molecule has 0 unspecified atom stereocenters. The molecule has 1 aliphatic rings. The van der Waals surface area contributed by atoms with Crippen LogP contribution in [0.5, 0.6) is 0 Å². The molecule has 0 bridgehead atoms. The highest BCUT2D eigenvalue weighted by atomic mass is 79.9. The molecule has 0 saturated heterocycles. The summed E-state index contributed by atoms with van der Waals surface area (Å²) in [6.07, 6.45) is 2.50. The monoisotopic (exact) mass is 495 g/mol. The Morgan fingerprint density at radius 2 is 1.72 bits per heavy atom. The third-order valence-corrected chi connectivity index (χ3v) is 6.26. The highest BCUT2D eigenvalue weighted by Gasteiger charge is 2.24. The number of hydrogen-bond donors (Lipinski definition) is 1. The average Bonchev–Trinajstić information content (AvgIpc) is 3.58. The smallest absolute Gasteiger partial charge is 0.266 e. The second-order valence-electron chi connectivity index (χ2n) is 8.23. The zero-order chi connectivity index (χ0) is 22.4. The third-order valence-electron chi connectivity index (χ3n) is 5.77. The number of nitrogens with two attached hydrogens (primary N) is 1. The first-order chi connectivity index (χ1) is 15.4. The molecule has 0 spiro atoms. The minimum Gasteiger partial charge on any atom is -0.321 e. The molecular weight excluding hydrogens is 476 g/mol. The van der Waals surface area contributed by atoms with Crippen LogP contribution in [0.4, 0.5) is 8.78 Å². The Morgan fingerprint density at radius 1 is 1.03 bits per heavy atom. The molecule has 4 nitrogen and oxygen atoms in total. The molecule has 3 aromatic carbocycles. The number of hydrogen-bond acceptors (Lipinski definition) is 3. The molecule has 1 saturated carbocycles. The third kappa shape index (κ3) is 4.10. The van der Waals surface area contributed by atoms with Gasteiger partial charge in [0.05, 0.1) is 22.6 Å². The normalized spacial score (nSPS) is 14.6. The molecule has 2 N–H and O–H groups in total. The standard InChI is InChI=1S/C25H20BrF2N3O/c26-17-5-8-21-23(12-17)30-24(22(29)11-14-9-18(27)13-19(28)10-14)31(25(21)32)20-6-3-16(4-7-20)15-1-2-15/h3-10,12-13,15,22H,1-2,11,29H2/t22-/m0/s1. The SMILES string of the molecule is N[C@@H](Cc1cc(F)cc(F)c1)c1nc2cc(Br)ccc2c(=O)n1-c1ccc(C2CC2)cc1.